The van der Waals surface area contributed by atoms with E-state index in [0.717, 1.165) is 32.1 Å². The summed E-state index contributed by atoms with van der Waals surface area (Å²) in [5, 5.41) is 28.0. The maximum absolute atomic E-state index is 12.7. The van der Waals surface area contributed by atoms with Crippen LogP contribution in [0.1, 0.15) is 38.5 Å². The summed E-state index contributed by atoms with van der Waals surface area (Å²) in [4.78, 5) is 16.3. The molecular formula is C17H26N6O2. The molecule has 8 heteroatoms. The van der Waals surface area contributed by atoms with Crippen LogP contribution < -0.4 is 0 Å². The van der Waals surface area contributed by atoms with E-state index in [2.05, 4.69) is 16.4 Å². The minimum Gasteiger partial charge on any atom is -0.387 e. The number of hydrogen-bond donors (Lipinski definition) is 1. The van der Waals surface area contributed by atoms with Crippen molar-refractivity contribution < 1.29 is 9.90 Å². The van der Waals surface area contributed by atoms with E-state index in [1.807, 2.05) is 4.90 Å². The van der Waals surface area contributed by atoms with Gasteiger partial charge < -0.3 is 10.0 Å². The number of carbonyl (C=O) groups is 1. The molecule has 1 aliphatic heterocycles. The van der Waals surface area contributed by atoms with Crippen LogP contribution >= 0.6 is 0 Å². The molecule has 1 saturated heterocycles. The van der Waals surface area contributed by atoms with Gasteiger partial charge in [0, 0.05) is 26.3 Å². The number of β-amino-alcohol motifs (C(OH)–C–C–N with tert-alkyl or cyclic N) is 1. The van der Waals surface area contributed by atoms with Crippen LogP contribution in [-0.4, -0.2) is 73.6 Å². The van der Waals surface area contributed by atoms with E-state index >= 15 is 0 Å². The van der Waals surface area contributed by atoms with Crippen LogP contribution in [0.15, 0.2) is 12.4 Å². The van der Waals surface area contributed by atoms with Crippen molar-refractivity contribution in [1.82, 2.24) is 24.8 Å². The van der Waals surface area contributed by atoms with E-state index in [9.17, 15) is 15.2 Å². The van der Waals surface area contributed by atoms with Crippen molar-refractivity contribution in [3.05, 3.63) is 12.4 Å². The number of aromatic nitrogens is 3. The highest BCUT2D eigenvalue weighted by Crippen LogP contribution is 2.32. The lowest BCUT2D eigenvalue weighted by atomic mass is 9.81. The molecule has 1 atom stereocenters. The molecule has 8 nitrogen and oxygen atoms in total. The van der Waals surface area contributed by atoms with Gasteiger partial charge in [-0.15, -0.1) is 5.10 Å². The monoisotopic (exact) mass is 346 g/mol. The van der Waals surface area contributed by atoms with Crippen molar-refractivity contribution in [3.63, 3.8) is 0 Å². The SMILES string of the molecule is CN(C(=O)CN1CCC(O)(Cn2ccnn2)C1)C1(C#N)CCCCC1. The van der Waals surface area contributed by atoms with Gasteiger partial charge in [-0.2, -0.15) is 5.26 Å². The van der Waals surface area contributed by atoms with Crippen molar-refractivity contribution in [3.8, 4) is 6.07 Å². The van der Waals surface area contributed by atoms with Gasteiger partial charge in [0.1, 0.15) is 5.54 Å². The molecule has 1 aliphatic carbocycles. The Morgan fingerprint density at radius 1 is 1.36 bits per heavy atom. The highest BCUT2D eigenvalue weighted by atomic mass is 16.3. The number of likely N-dealkylation sites (N-methyl/N-ethyl adjacent to an activating group) is 1. The van der Waals surface area contributed by atoms with Gasteiger partial charge >= 0.3 is 0 Å². The Morgan fingerprint density at radius 2 is 2.12 bits per heavy atom. The van der Waals surface area contributed by atoms with Crippen LogP contribution in [0.4, 0.5) is 0 Å². The van der Waals surface area contributed by atoms with Crippen LogP contribution in [0.25, 0.3) is 0 Å². The van der Waals surface area contributed by atoms with Gasteiger partial charge in [0.2, 0.25) is 5.91 Å². The van der Waals surface area contributed by atoms with Gasteiger partial charge in [0.05, 0.1) is 31.0 Å². The topological polar surface area (TPSA) is 98.3 Å². The van der Waals surface area contributed by atoms with E-state index in [1.54, 1.807) is 29.0 Å². The molecule has 1 N–H and O–H groups in total. The van der Waals surface area contributed by atoms with Crippen molar-refractivity contribution in [2.75, 3.05) is 26.7 Å². The second-order valence-corrected chi connectivity index (χ2v) is 7.44. The zero-order chi connectivity index (χ0) is 17.9. The Labute approximate surface area is 148 Å². The Morgan fingerprint density at radius 3 is 2.76 bits per heavy atom. The number of amides is 1. The van der Waals surface area contributed by atoms with Gasteiger partial charge in [-0.1, -0.05) is 24.5 Å². The first-order valence-electron chi connectivity index (χ1n) is 8.93. The van der Waals surface area contributed by atoms with E-state index in [1.165, 1.54) is 0 Å². The number of aliphatic hydroxyl groups is 1. The van der Waals surface area contributed by atoms with Gasteiger partial charge in [0.25, 0.3) is 0 Å². The van der Waals surface area contributed by atoms with Crippen LogP contribution in [-0.2, 0) is 11.3 Å². The quantitative estimate of drug-likeness (QED) is 0.829. The summed E-state index contributed by atoms with van der Waals surface area (Å²) < 4.78 is 1.62. The normalized spacial score (nSPS) is 26.3. The van der Waals surface area contributed by atoms with Crippen molar-refractivity contribution in [2.45, 2.75) is 56.2 Å². The molecular weight excluding hydrogens is 320 g/mol. The molecule has 2 heterocycles. The van der Waals surface area contributed by atoms with Crippen LogP contribution in [0.5, 0.6) is 0 Å². The molecule has 3 rings (SSSR count). The molecule has 0 bridgehead atoms. The molecule has 25 heavy (non-hydrogen) atoms. The summed E-state index contributed by atoms with van der Waals surface area (Å²) in [5.74, 6) is -0.0477. The largest absolute Gasteiger partial charge is 0.387 e. The maximum atomic E-state index is 12.7. The Balaban J connectivity index is 1.57. The van der Waals surface area contributed by atoms with E-state index in [0.29, 0.717) is 26.1 Å². The Hall–Kier alpha value is -1.98. The molecule has 136 valence electrons. The van der Waals surface area contributed by atoms with Crippen molar-refractivity contribution in [2.24, 2.45) is 0 Å². The fraction of sp³-hybridized carbons (Fsp3) is 0.765. The van der Waals surface area contributed by atoms with Gasteiger partial charge in [-0.05, 0) is 19.3 Å². The fourth-order valence-electron chi connectivity index (χ4n) is 4.02. The first-order chi connectivity index (χ1) is 12.0. The van der Waals surface area contributed by atoms with Crippen LogP contribution in [0.3, 0.4) is 0 Å². The summed E-state index contributed by atoms with van der Waals surface area (Å²) in [6, 6.07) is 2.39. The minimum absolute atomic E-state index is 0.0477. The molecule has 0 radical (unpaired) electrons. The molecule has 1 amide bonds. The number of nitriles is 1. The average Bonchev–Trinajstić information content (AvgIpc) is 3.24. The highest BCUT2D eigenvalue weighted by molar-refractivity contribution is 5.79. The summed E-state index contributed by atoms with van der Waals surface area (Å²) in [6.45, 7) is 1.69. The summed E-state index contributed by atoms with van der Waals surface area (Å²) in [6.07, 6.45) is 8.52. The zero-order valence-corrected chi connectivity index (χ0v) is 14.8. The van der Waals surface area contributed by atoms with Crippen LogP contribution in [0, 0.1) is 11.3 Å². The third-order valence-electron chi connectivity index (χ3n) is 5.60. The smallest absolute Gasteiger partial charge is 0.237 e. The maximum Gasteiger partial charge on any atom is 0.237 e. The molecule has 1 aromatic heterocycles. The lowest BCUT2D eigenvalue weighted by Gasteiger charge is -2.39. The second-order valence-electron chi connectivity index (χ2n) is 7.44. The van der Waals surface area contributed by atoms with Gasteiger partial charge in [-0.25, -0.2) is 4.68 Å². The molecule has 0 aromatic carbocycles. The molecule has 0 spiro atoms. The number of rotatable bonds is 5. The standard InChI is InChI=1S/C17H26N6O2/c1-21(16(12-18)5-3-2-4-6-16)15(24)11-22-9-7-17(25,13-22)14-23-10-8-19-20-23/h8,10,25H,2-7,9,11,13-14H2,1H3. The predicted molar refractivity (Wildman–Crippen MR) is 90.2 cm³/mol. The van der Waals surface area contributed by atoms with E-state index in [4.69, 9.17) is 0 Å². The van der Waals surface area contributed by atoms with Crippen molar-refractivity contribution >= 4 is 5.91 Å². The number of nitrogens with zero attached hydrogens (tertiary/aromatic N) is 6. The lowest BCUT2D eigenvalue weighted by molar-refractivity contribution is -0.136. The fourth-order valence-corrected chi connectivity index (χ4v) is 4.02. The first-order valence-corrected chi connectivity index (χ1v) is 8.93. The van der Waals surface area contributed by atoms with Gasteiger partial charge in [-0.3, -0.25) is 9.69 Å². The molecule has 2 aliphatic rings. The zero-order valence-electron chi connectivity index (χ0n) is 14.8. The summed E-state index contributed by atoms with van der Waals surface area (Å²) in [7, 11) is 1.74. The number of carbonyl (C=O) groups excluding carboxylic acids is 1. The lowest BCUT2D eigenvalue weighted by Crippen LogP contribution is -2.52. The number of likely N-dealkylation sites (tertiary alicyclic amines) is 1. The third-order valence-corrected chi connectivity index (χ3v) is 5.60. The summed E-state index contributed by atoms with van der Waals surface area (Å²) in [5.41, 5.74) is -1.56. The second kappa shape index (κ2) is 7.10. The molecule has 1 unspecified atom stereocenters. The van der Waals surface area contributed by atoms with Gasteiger partial charge in [0.15, 0.2) is 0 Å². The first kappa shape index (κ1) is 17.8. The third kappa shape index (κ3) is 3.83. The van der Waals surface area contributed by atoms with E-state index in [-0.39, 0.29) is 12.5 Å². The highest BCUT2D eigenvalue weighted by Gasteiger charge is 2.41. The number of hydrogen-bond acceptors (Lipinski definition) is 6. The Bertz CT molecular complexity index is 634. The van der Waals surface area contributed by atoms with Crippen molar-refractivity contribution in [1.29, 1.82) is 5.26 Å². The Kier molecular flexibility index (Phi) is 5.06. The molecule has 1 saturated carbocycles. The molecule has 2 fully saturated rings. The summed E-state index contributed by atoms with van der Waals surface area (Å²) >= 11 is 0. The molecule has 1 aromatic rings. The predicted octanol–water partition coefficient (Wildman–Crippen LogP) is 0.400. The van der Waals surface area contributed by atoms with E-state index < -0.39 is 11.1 Å². The van der Waals surface area contributed by atoms with Crippen LogP contribution in [0.2, 0.25) is 0 Å². The minimum atomic E-state index is -0.899. The average molecular weight is 346 g/mol.